The maximum Gasteiger partial charge on any atom is 0.320 e. The third-order valence-electron chi connectivity index (χ3n) is 7.76. The summed E-state index contributed by atoms with van der Waals surface area (Å²) >= 11 is 0. The Morgan fingerprint density at radius 1 is 0.816 bits per heavy atom. The molecule has 0 saturated carbocycles. The van der Waals surface area contributed by atoms with Gasteiger partial charge in [-0.3, -0.25) is 19.2 Å². The topological polar surface area (TPSA) is 105 Å². The maximum atomic E-state index is 12.5. The molecule has 0 amide bonds. The fourth-order valence-electron chi connectivity index (χ4n) is 5.97. The predicted molar refractivity (Wildman–Crippen MR) is 134 cm³/mol. The number of cyclic esters (lactones) is 2. The molecule has 8 nitrogen and oxygen atoms in total. The molecular weight excluding hydrogens is 488 g/mol. The molecule has 2 aromatic carbocycles. The summed E-state index contributed by atoms with van der Waals surface area (Å²) in [6.45, 7) is -0.0644. The van der Waals surface area contributed by atoms with Crippen LogP contribution in [-0.4, -0.2) is 48.8 Å². The van der Waals surface area contributed by atoms with E-state index in [2.05, 4.69) is 0 Å². The molecule has 200 valence electrons. The van der Waals surface area contributed by atoms with E-state index in [0.29, 0.717) is 19.3 Å². The number of hydrogen-bond acceptors (Lipinski definition) is 8. The molecule has 3 aliphatic heterocycles. The highest BCUT2D eigenvalue weighted by molar-refractivity contribution is 5.98. The molecule has 3 heterocycles. The molecule has 0 unspecified atom stereocenters. The van der Waals surface area contributed by atoms with Gasteiger partial charge in [0.25, 0.3) is 0 Å². The van der Waals surface area contributed by atoms with Crippen LogP contribution in [-0.2, 0) is 51.0 Å². The summed E-state index contributed by atoms with van der Waals surface area (Å²) < 4.78 is 22.2. The number of fused-ring (bicyclic) bond motifs is 5. The average Bonchev–Trinajstić information content (AvgIpc) is 3.56. The molecular formula is C30H32O8. The summed E-state index contributed by atoms with van der Waals surface area (Å²) in [6.07, 6.45) is 3.08. The lowest BCUT2D eigenvalue weighted by Gasteiger charge is -2.31. The monoisotopic (exact) mass is 520 g/mol. The van der Waals surface area contributed by atoms with Crippen molar-refractivity contribution in [2.24, 2.45) is 17.8 Å². The van der Waals surface area contributed by atoms with Gasteiger partial charge < -0.3 is 18.9 Å². The lowest BCUT2D eigenvalue weighted by atomic mass is 9.69. The van der Waals surface area contributed by atoms with Crippen LogP contribution < -0.4 is 0 Å². The van der Waals surface area contributed by atoms with E-state index in [0.717, 1.165) is 24.0 Å². The zero-order valence-electron chi connectivity index (χ0n) is 21.2. The summed E-state index contributed by atoms with van der Waals surface area (Å²) in [5, 5.41) is 0. The van der Waals surface area contributed by atoms with Crippen LogP contribution >= 0.6 is 0 Å². The van der Waals surface area contributed by atoms with Crippen molar-refractivity contribution in [3.05, 3.63) is 71.8 Å². The van der Waals surface area contributed by atoms with Crippen LogP contribution in [0.1, 0.15) is 43.2 Å². The Hall–Kier alpha value is -3.52. The van der Waals surface area contributed by atoms with Crippen LogP contribution in [0, 0.1) is 17.8 Å². The van der Waals surface area contributed by atoms with Crippen molar-refractivity contribution < 1.29 is 38.1 Å². The number of carbonyl (C=O) groups excluding carboxylic acids is 4. The van der Waals surface area contributed by atoms with E-state index in [1.54, 1.807) is 0 Å². The summed E-state index contributed by atoms with van der Waals surface area (Å²) in [6, 6.07) is 19.8. The Kier molecular flexibility index (Phi) is 7.88. The molecule has 0 aromatic heterocycles. The zero-order chi connectivity index (χ0) is 26.5. The Labute approximate surface area is 221 Å². The van der Waals surface area contributed by atoms with Crippen LogP contribution in [0.15, 0.2) is 60.7 Å². The second-order valence-electron chi connectivity index (χ2n) is 10.4. The van der Waals surface area contributed by atoms with Gasteiger partial charge in [-0.1, -0.05) is 60.7 Å². The third-order valence-corrected chi connectivity index (χ3v) is 7.76. The molecule has 0 spiro atoms. The lowest BCUT2D eigenvalue weighted by Crippen LogP contribution is -2.47. The summed E-state index contributed by atoms with van der Waals surface area (Å²) in [4.78, 5) is 49.8. The zero-order valence-corrected chi connectivity index (χ0v) is 21.2. The molecule has 0 radical (unpaired) electrons. The minimum absolute atomic E-state index is 0.0757. The number of aryl methyl sites for hydroxylation is 2. The van der Waals surface area contributed by atoms with Crippen molar-refractivity contribution in [1.82, 2.24) is 0 Å². The van der Waals surface area contributed by atoms with Crippen LogP contribution in [0.3, 0.4) is 0 Å². The first-order chi connectivity index (χ1) is 18.4. The van der Waals surface area contributed by atoms with Crippen LogP contribution in [0.2, 0.25) is 0 Å². The molecule has 2 bridgehead atoms. The number of esters is 4. The fraction of sp³-hybridized carbons (Fsp3) is 0.467. The fourth-order valence-corrected chi connectivity index (χ4v) is 5.97. The smallest absolute Gasteiger partial charge is 0.320 e. The number of hydrogen-bond donors (Lipinski definition) is 0. The second-order valence-corrected chi connectivity index (χ2v) is 10.4. The molecule has 3 aliphatic rings. The van der Waals surface area contributed by atoms with E-state index in [1.807, 2.05) is 60.7 Å². The van der Waals surface area contributed by atoms with Gasteiger partial charge in [-0.05, 0) is 43.2 Å². The number of benzene rings is 2. The van der Waals surface area contributed by atoms with Crippen molar-refractivity contribution in [2.45, 2.75) is 56.7 Å². The second kappa shape index (κ2) is 11.5. The third kappa shape index (κ3) is 5.65. The highest BCUT2D eigenvalue weighted by Crippen LogP contribution is 2.57. The highest BCUT2D eigenvalue weighted by atomic mass is 16.6. The summed E-state index contributed by atoms with van der Waals surface area (Å²) in [7, 11) is 0. The number of carbonyl (C=O) groups is 4. The van der Waals surface area contributed by atoms with Crippen LogP contribution in [0.5, 0.6) is 0 Å². The molecule has 2 aromatic rings. The van der Waals surface area contributed by atoms with E-state index < -0.39 is 35.5 Å². The minimum Gasteiger partial charge on any atom is -0.465 e. The molecule has 0 N–H and O–H groups in total. The molecule has 38 heavy (non-hydrogen) atoms. The van der Waals surface area contributed by atoms with Gasteiger partial charge in [-0.2, -0.15) is 0 Å². The van der Waals surface area contributed by atoms with E-state index in [1.165, 1.54) is 0 Å². The number of ether oxygens (including phenoxy) is 4. The molecule has 3 saturated heterocycles. The van der Waals surface area contributed by atoms with E-state index in [-0.39, 0.29) is 43.9 Å². The predicted octanol–water partition coefficient (Wildman–Crippen LogP) is 3.59. The minimum atomic E-state index is -1.14. The first-order valence-corrected chi connectivity index (χ1v) is 13.3. The molecule has 3 fully saturated rings. The summed E-state index contributed by atoms with van der Waals surface area (Å²) in [5.41, 5.74) is 1.16. The Morgan fingerprint density at radius 3 is 2.00 bits per heavy atom. The van der Waals surface area contributed by atoms with Crippen molar-refractivity contribution in [1.29, 1.82) is 0 Å². The van der Waals surface area contributed by atoms with Gasteiger partial charge in [-0.15, -0.1) is 0 Å². The van der Waals surface area contributed by atoms with Crippen molar-refractivity contribution in [3.8, 4) is 0 Å². The Balaban J connectivity index is 1.12. The quantitative estimate of drug-likeness (QED) is 0.238. The van der Waals surface area contributed by atoms with Crippen molar-refractivity contribution >= 4 is 23.9 Å². The van der Waals surface area contributed by atoms with E-state index >= 15 is 0 Å². The SMILES string of the molecule is O=C(CCCc1ccccc1)OC[C@H]1C[C@]2(COC(=O)CCCc3ccccc3)O[C@H]1[C@H]1C(=O)OC(=O)[C@H]12. The standard InChI is InChI=1S/C30H32O8/c31-23(15-7-13-20-9-3-1-4-10-20)35-18-22-17-30(26-25(27(22)38-30)28(33)37-29(26)34)19-36-24(32)16-8-14-21-11-5-2-6-12-21/h1-6,9-12,22,25-27H,7-8,13-19H2/t22-,25+,26+,27-,30-/m1/s1. The molecule has 5 atom stereocenters. The van der Waals surface area contributed by atoms with Gasteiger partial charge in [0.2, 0.25) is 0 Å². The van der Waals surface area contributed by atoms with Gasteiger partial charge in [0.1, 0.15) is 24.0 Å². The molecule has 8 heteroatoms. The number of rotatable bonds is 12. The van der Waals surface area contributed by atoms with Gasteiger partial charge in [0.05, 0.1) is 12.7 Å². The maximum absolute atomic E-state index is 12.5. The summed E-state index contributed by atoms with van der Waals surface area (Å²) in [5.74, 6) is -3.83. The van der Waals surface area contributed by atoms with Gasteiger partial charge in [0, 0.05) is 18.8 Å². The molecule has 0 aliphatic carbocycles. The Bertz CT molecular complexity index is 1160. The largest absolute Gasteiger partial charge is 0.465 e. The Morgan fingerprint density at radius 2 is 1.39 bits per heavy atom. The van der Waals surface area contributed by atoms with Crippen LogP contribution in [0.4, 0.5) is 0 Å². The van der Waals surface area contributed by atoms with Gasteiger partial charge in [-0.25, -0.2) is 0 Å². The average molecular weight is 521 g/mol. The van der Waals surface area contributed by atoms with Crippen molar-refractivity contribution in [3.63, 3.8) is 0 Å². The van der Waals surface area contributed by atoms with Gasteiger partial charge in [0.15, 0.2) is 0 Å². The molecule has 5 rings (SSSR count). The normalized spacial score (nSPS) is 27.2. The van der Waals surface area contributed by atoms with Gasteiger partial charge >= 0.3 is 23.9 Å². The van der Waals surface area contributed by atoms with Crippen molar-refractivity contribution in [2.75, 3.05) is 13.2 Å². The van der Waals surface area contributed by atoms with E-state index in [9.17, 15) is 19.2 Å². The highest BCUT2D eigenvalue weighted by Gasteiger charge is 2.72. The van der Waals surface area contributed by atoms with E-state index in [4.69, 9.17) is 18.9 Å². The first kappa shape index (κ1) is 26.1. The van der Waals surface area contributed by atoms with Crippen LogP contribution in [0.25, 0.3) is 0 Å². The lowest BCUT2D eigenvalue weighted by molar-refractivity contribution is -0.166. The first-order valence-electron chi connectivity index (χ1n) is 13.3.